The van der Waals surface area contributed by atoms with Crippen LogP contribution < -0.4 is 0 Å². The minimum Gasteiger partial charge on any atom is -0.393 e. The number of allylic oxidation sites excluding steroid dienone is 3. The summed E-state index contributed by atoms with van der Waals surface area (Å²) < 4.78 is 0. The lowest BCUT2D eigenvalue weighted by atomic mass is 9.45. The van der Waals surface area contributed by atoms with Crippen LogP contribution in [0, 0.1) is 41.4 Å². The van der Waals surface area contributed by atoms with Gasteiger partial charge >= 0.3 is 0 Å². The lowest BCUT2D eigenvalue weighted by Crippen LogP contribution is -2.52. The van der Waals surface area contributed by atoms with E-state index in [4.69, 9.17) is 0 Å². The monoisotopic (exact) mass is 390 g/mol. The zero-order chi connectivity index (χ0) is 20.4. The second-order valence-corrected chi connectivity index (χ2v) is 11.0. The van der Waals surface area contributed by atoms with Gasteiger partial charge in [0, 0.05) is 0 Å². The molecule has 7 atom stereocenters. The Hall–Kier alpha value is -1.34. The Morgan fingerprint density at radius 3 is 2.62 bits per heavy atom. The third-order valence-corrected chi connectivity index (χ3v) is 9.63. The van der Waals surface area contributed by atoms with Crippen molar-refractivity contribution in [2.45, 2.75) is 78.7 Å². The van der Waals surface area contributed by atoms with Gasteiger partial charge in [0.15, 0.2) is 0 Å². The molecule has 1 aromatic carbocycles. The fraction of sp³-hybridized carbons (Fsp3) is 0.643. The molecule has 5 rings (SSSR count). The average Bonchev–Trinajstić information content (AvgIpc) is 3.05. The van der Waals surface area contributed by atoms with Gasteiger partial charge < -0.3 is 5.11 Å². The van der Waals surface area contributed by atoms with Crippen LogP contribution in [0.3, 0.4) is 0 Å². The molecule has 1 nitrogen and oxygen atoms in total. The van der Waals surface area contributed by atoms with E-state index in [0.29, 0.717) is 16.7 Å². The minimum atomic E-state index is -0.113. The van der Waals surface area contributed by atoms with E-state index in [9.17, 15) is 5.11 Å². The molecule has 1 heteroatoms. The van der Waals surface area contributed by atoms with E-state index in [-0.39, 0.29) is 6.10 Å². The highest BCUT2D eigenvalue weighted by Crippen LogP contribution is 2.67. The fourth-order valence-electron chi connectivity index (χ4n) is 8.03. The Morgan fingerprint density at radius 2 is 1.86 bits per heavy atom. The maximum Gasteiger partial charge on any atom is 0.0577 e. The summed E-state index contributed by atoms with van der Waals surface area (Å²) >= 11 is 0. The van der Waals surface area contributed by atoms with Gasteiger partial charge in [-0.05, 0) is 97.5 Å². The number of fused-ring (bicyclic) bond motifs is 5. The molecule has 4 aliphatic carbocycles. The van der Waals surface area contributed by atoms with Crippen molar-refractivity contribution in [2.75, 3.05) is 0 Å². The predicted octanol–water partition coefficient (Wildman–Crippen LogP) is 6.95. The van der Waals surface area contributed by atoms with Crippen molar-refractivity contribution >= 4 is 5.57 Å². The number of aryl methyl sites for hydroxylation is 1. The van der Waals surface area contributed by atoms with Crippen molar-refractivity contribution in [3.05, 3.63) is 53.1 Å². The van der Waals surface area contributed by atoms with Crippen LogP contribution >= 0.6 is 0 Å². The van der Waals surface area contributed by atoms with Crippen molar-refractivity contribution in [1.29, 1.82) is 0 Å². The van der Waals surface area contributed by atoms with E-state index in [0.717, 1.165) is 30.6 Å². The van der Waals surface area contributed by atoms with E-state index in [2.05, 4.69) is 64.1 Å². The summed E-state index contributed by atoms with van der Waals surface area (Å²) in [4.78, 5) is 0. The standard InChI is InChI=1S/C28H38O/c1-5-19-16-21-17-22(29)11-13-27(21,3)25-12-14-28(4)23(9-10-24(28)26(19)25)20-8-6-7-18(2)15-20/h6-9,15-16,19,22,24-26,29H,5,10-14,17H2,1-4H3/t19?,22?,24-,25+,26-,27-,28+/m0/s1. The first-order chi connectivity index (χ1) is 13.9. The van der Waals surface area contributed by atoms with E-state index < -0.39 is 0 Å². The molecule has 0 aromatic heterocycles. The Labute approximate surface area is 177 Å². The molecule has 0 amide bonds. The molecule has 0 spiro atoms. The Kier molecular flexibility index (Phi) is 4.63. The SMILES string of the molecule is CCC1C=C2CC(O)CC[C@]2(C)[C@@H]2CC[C@]3(C)C(c4cccc(C)c4)=CC[C@H]3[C@H]12. The van der Waals surface area contributed by atoms with Crippen molar-refractivity contribution in [1.82, 2.24) is 0 Å². The van der Waals surface area contributed by atoms with Crippen LogP contribution in [0.5, 0.6) is 0 Å². The average molecular weight is 391 g/mol. The largest absolute Gasteiger partial charge is 0.393 e. The van der Waals surface area contributed by atoms with Gasteiger partial charge in [-0.3, -0.25) is 0 Å². The first-order valence-electron chi connectivity index (χ1n) is 12.0. The smallest absolute Gasteiger partial charge is 0.0577 e. The topological polar surface area (TPSA) is 20.2 Å². The van der Waals surface area contributed by atoms with Gasteiger partial charge in [0.1, 0.15) is 0 Å². The van der Waals surface area contributed by atoms with Crippen LogP contribution in [-0.2, 0) is 0 Å². The molecule has 0 bridgehead atoms. The van der Waals surface area contributed by atoms with Crippen molar-refractivity contribution in [3.8, 4) is 0 Å². The molecule has 0 aliphatic heterocycles. The van der Waals surface area contributed by atoms with Crippen molar-refractivity contribution < 1.29 is 5.11 Å². The molecule has 0 radical (unpaired) electrons. The summed E-state index contributed by atoms with van der Waals surface area (Å²) in [5, 5.41) is 10.3. The molecule has 0 saturated heterocycles. The third-order valence-electron chi connectivity index (χ3n) is 9.63. The van der Waals surface area contributed by atoms with Crippen LogP contribution in [-0.4, -0.2) is 11.2 Å². The van der Waals surface area contributed by atoms with E-state index in [1.54, 1.807) is 11.1 Å². The van der Waals surface area contributed by atoms with Crippen LogP contribution in [0.2, 0.25) is 0 Å². The maximum absolute atomic E-state index is 10.3. The minimum absolute atomic E-state index is 0.113. The molecule has 1 N–H and O–H groups in total. The number of hydrogen-bond donors (Lipinski definition) is 1. The van der Waals surface area contributed by atoms with Gasteiger partial charge in [0.2, 0.25) is 0 Å². The predicted molar refractivity (Wildman–Crippen MR) is 121 cm³/mol. The first kappa shape index (κ1) is 19.6. The summed E-state index contributed by atoms with van der Waals surface area (Å²) in [5.74, 6) is 3.04. The molecular weight excluding hydrogens is 352 g/mol. The number of aliphatic hydroxyl groups is 1. The second kappa shape index (κ2) is 6.84. The molecule has 4 aliphatic rings. The molecule has 2 saturated carbocycles. The van der Waals surface area contributed by atoms with Crippen molar-refractivity contribution in [3.63, 3.8) is 0 Å². The zero-order valence-corrected chi connectivity index (χ0v) is 18.7. The molecule has 2 fully saturated rings. The second-order valence-electron chi connectivity index (χ2n) is 11.0. The maximum atomic E-state index is 10.3. The van der Waals surface area contributed by atoms with Gasteiger partial charge in [-0.2, -0.15) is 0 Å². The Morgan fingerprint density at radius 1 is 1.07 bits per heavy atom. The zero-order valence-electron chi connectivity index (χ0n) is 18.7. The van der Waals surface area contributed by atoms with Crippen LogP contribution in [0.15, 0.2) is 42.0 Å². The molecular formula is C28H38O. The number of hydrogen-bond acceptors (Lipinski definition) is 1. The molecule has 0 heterocycles. The number of rotatable bonds is 2. The van der Waals surface area contributed by atoms with Crippen LogP contribution in [0.25, 0.3) is 5.57 Å². The summed E-state index contributed by atoms with van der Waals surface area (Å²) in [7, 11) is 0. The lowest BCUT2D eigenvalue weighted by molar-refractivity contribution is -0.0464. The lowest BCUT2D eigenvalue weighted by Gasteiger charge is -2.60. The quantitative estimate of drug-likeness (QED) is 0.542. The van der Waals surface area contributed by atoms with Gasteiger partial charge in [-0.15, -0.1) is 0 Å². The molecule has 156 valence electrons. The van der Waals surface area contributed by atoms with Gasteiger partial charge in [0.05, 0.1) is 6.10 Å². The Balaban J connectivity index is 1.53. The van der Waals surface area contributed by atoms with Gasteiger partial charge in [-0.1, -0.05) is 68.3 Å². The summed E-state index contributed by atoms with van der Waals surface area (Å²) in [5.41, 5.74) is 6.69. The fourth-order valence-corrected chi connectivity index (χ4v) is 8.03. The van der Waals surface area contributed by atoms with E-state index in [1.807, 2.05) is 0 Å². The summed E-state index contributed by atoms with van der Waals surface area (Å²) in [6, 6.07) is 9.17. The number of benzene rings is 1. The summed E-state index contributed by atoms with van der Waals surface area (Å²) in [6.45, 7) is 9.72. The van der Waals surface area contributed by atoms with Crippen molar-refractivity contribution in [2.24, 2.45) is 34.5 Å². The third kappa shape index (κ3) is 2.83. The molecule has 29 heavy (non-hydrogen) atoms. The molecule has 1 aromatic rings. The van der Waals surface area contributed by atoms with Gasteiger partial charge in [-0.25, -0.2) is 0 Å². The number of aliphatic hydroxyl groups excluding tert-OH is 1. The van der Waals surface area contributed by atoms with E-state index >= 15 is 0 Å². The highest BCUT2D eigenvalue weighted by molar-refractivity contribution is 5.73. The highest BCUT2D eigenvalue weighted by atomic mass is 16.3. The highest BCUT2D eigenvalue weighted by Gasteiger charge is 2.58. The van der Waals surface area contributed by atoms with Crippen LogP contribution in [0.4, 0.5) is 0 Å². The Bertz CT molecular complexity index is 863. The summed E-state index contributed by atoms with van der Waals surface area (Å²) in [6.07, 6.45) is 13.4. The molecule has 2 unspecified atom stereocenters. The van der Waals surface area contributed by atoms with Gasteiger partial charge in [0.25, 0.3) is 0 Å². The van der Waals surface area contributed by atoms with E-state index in [1.165, 1.54) is 43.2 Å². The first-order valence-corrected chi connectivity index (χ1v) is 12.0. The van der Waals surface area contributed by atoms with Crippen LogP contribution in [0.1, 0.15) is 76.8 Å². The normalized spacial score (nSPS) is 43.7.